The Kier molecular flexibility index (Phi) is 3.83. The number of carbonyl (C=O) groups excluding carboxylic acids is 1. The highest BCUT2D eigenvalue weighted by molar-refractivity contribution is 6.16. The Morgan fingerprint density at radius 2 is 1.79 bits per heavy atom. The lowest BCUT2D eigenvalue weighted by atomic mass is 9.98. The third-order valence-corrected chi connectivity index (χ3v) is 3.77. The van der Waals surface area contributed by atoms with Crippen molar-refractivity contribution in [1.82, 2.24) is 0 Å². The molecule has 0 radical (unpaired) electrons. The number of ketones is 1. The Bertz CT molecular complexity index is 906. The van der Waals surface area contributed by atoms with E-state index in [1.807, 2.05) is 0 Å². The number of aromatic hydroxyl groups is 1. The quantitative estimate of drug-likeness (QED) is 0.690. The Morgan fingerprint density at radius 1 is 1.12 bits per heavy atom. The number of furan rings is 1. The van der Waals surface area contributed by atoms with Crippen LogP contribution in [0.1, 0.15) is 34.2 Å². The zero-order valence-corrected chi connectivity index (χ0v) is 12.6. The smallest absolute Gasteiger partial charge is 0.416 e. The first-order chi connectivity index (χ1) is 11.3. The second-order valence-corrected chi connectivity index (χ2v) is 5.34. The lowest BCUT2D eigenvalue weighted by molar-refractivity contribution is -0.137. The Labute approximate surface area is 135 Å². The van der Waals surface area contributed by atoms with Crippen LogP contribution in [0.4, 0.5) is 13.2 Å². The summed E-state index contributed by atoms with van der Waals surface area (Å²) in [5.41, 5.74) is -0.212. The van der Waals surface area contributed by atoms with E-state index in [-0.39, 0.29) is 22.7 Å². The zero-order valence-electron chi connectivity index (χ0n) is 12.6. The molecular formula is C18H13F3O3. The maximum absolute atomic E-state index is 12.8. The first-order valence-electron chi connectivity index (χ1n) is 7.27. The number of phenolic OH excluding ortho intramolecular Hbond substituents is 1. The van der Waals surface area contributed by atoms with Gasteiger partial charge in [-0.15, -0.1) is 0 Å². The van der Waals surface area contributed by atoms with Crippen LogP contribution in [0.25, 0.3) is 11.0 Å². The summed E-state index contributed by atoms with van der Waals surface area (Å²) in [5, 5.41) is 9.66. The normalized spacial score (nSPS) is 11.8. The standard InChI is InChI=1S/C18H13F3O3/c1-2-14-16(17(23)10-3-6-12(22)7-4-10)13-8-5-11(18(19,20)21)9-15(13)24-14/h3-9,22H,2H2,1H3. The molecule has 124 valence electrons. The highest BCUT2D eigenvalue weighted by Crippen LogP contribution is 2.35. The van der Waals surface area contributed by atoms with E-state index in [1.165, 1.54) is 30.3 Å². The van der Waals surface area contributed by atoms with Gasteiger partial charge in [-0.1, -0.05) is 6.92 Å². The van der Waals surface area contributed by atoms with Crippen LogP contribution >= 0.6 is 0 Å². The van der Waals surface area contributed by atoms with Crippen LogP contribution in [0.2, 0.25) is 0 Å². The first kappa shape index (κ1) is 16.1. The van der Waals surface area contributed by atoms with Crippen LogP contribution in [-0.2, 0) is 12.6 Å². The molecule has 0 aliphatic rings. The van der Waals surface area contributed by atoms with E-state index in [0.29, 0.717) is 23.1 Å². The van der Waals surface area contributed by atoms with Crippen molar-refractivity contribution in [3.05, 3.63) is 64.9 Å². The summed E-state index contributed by atoms with van der Waals surface area (Å²) < 4.78 is 44.0. The predicted octanol–water partition coefficient (Wildman–Crippen LogP) is 4.95. The number of hydrogen-bond donors (Lipinski definition) is 1. The highest BCUT2D eigenvalue weighted by Gasteiger charge is 2.32. The minimum absolute atomic E-state index is 0.0223. The molecule has 0 unspecified atom stereocenters. The Morgan fingerprint density at radius 3 is 2.38 bits per heavy atom. The van der Waals surface area contributed by atoms with Crippen LogP contribution in [0.15, 0.2) is 46.9 Å². The van der Waals surface area contributed by atoms with Crippen molar-refractivity contribution in [3.63, 3.8) is 0 Å². The molecule has 0 aliphatic heterocycles. The van der Waals surface area contributed by atoms with Gasteiger partial charge in [-0.3, -0.25) is 4.79 Å². The number of rotatable bonds is 3. The van der Waals surface area contributed by atoms with Gasteiger partial charge >= 0.3 is 6.18 Å². The highest BCUT2D eigenvalue weighted by atomic mass is 19.4. The molecule has 0 spiro atoms. The minimum atomic E-state index is -4.48. The van der Waals surface area contributed by atoms with Crippen molar-refractivity contribution < 1.29 is 27.5 Å². The molecule has 1 aromatic heterocycles. The summed E-state index contributed by atoms with van der Waals surface area (Å²) in [6.07, 6.45) is -4.11. The summed E-state index contributed by atoms with van der Waals surface area (Å²) in [5.74, 6) is 0.00175. The molecule has 3 aromatic rings. The van der Waals surface area contributed by atoms with Crippen LogP contribution < -0.4 is 0 Å². The number of halogens is 3. The summed E-state index contributed by atoms with van der Waals surface area (Å²) in [6.45, 7) is 1.76. The summed E-state index contributed by atoms with van der Waals surface area (Å²) in [6, 6.07) is 8.77. The molecule has 24 heavy (non-hydrogen) atoms. The molecule has 0 fully saturated rings. The Hall–Kier alpha value is -2.76. The average Bonchev–Trinajstić information content (AvgIpc) is 2.91. The molecule has 0 atom stereocenters. The number of aryl methyl sites for hydroxylation is 1. The number of carbonyl (C=O) groups is 1. The van der Waals surface area contributed by atoms with Gasteiger partial charge < -0.3 is 9.52 Å². The number of alkyl halides is 3. The summed E-state index contributed by atoms with van der Waals surface area (Å²) in [4.78, 5) is 12.7. The van der Waals surface area contributed by atoms with Gasteiger partial charge in [0.05, 0.1) is 11.1 Å². The first-order valence-corrected chi connectivity index (χ1v) is 7.27. The zero-order chi connectivity index (χ0) is 17.5. The molecule has 0 saturated carbocycles. The van der Waals surface area contributed by atoms with E-state index in [2.05, 4.69) is 0 Å². The van der Waals surface area contributed by atoms with Gasteiger partial charge in [0, 0.05) is 17.4 Å². The minimum Gasteiger partial charge on any atom is -0.508 e. The van der Waals surface area contributed by atoms with Crippen LogP contribution in [-0.4, -0.2) is 10.9 Å². The number of phenols is 1. The fourth-order valence-corrected chi connectivity index (χ4v) is 2.58. The molecule has 2 aromatic carbocycles. The largest absolute Gasteiger partial charge is 0.508 e. The topological polar surface area (TPSA) is 50.4 Å². The van der Waals surface area contributed by atoms with Gasteiger partial charge in [0.2, 0.25) is 0 Å². The SMILES string of the molecule is CCc1oc2cc(C(F)(F)F)ccc2c1C(=O)c1ccc(O)cc1. The van der Waals surface area contributed by atoms with E-state index in [1.54, 1.807) is 6.92 Å². The maximum atomic E-state index is 12.8. The molecule has 0 amide bonds. The van der Waals surface area contributed by atoms with Crippen LogP contribution in [0.5, 0.6) is 5.75 Å². The molecule has 3 rings (SSSR count). The van der Waals surface area contributed by atoms with Gasteiger partial charge in [0.25, 0.3) is 0 Å². The number of hydrogen-bond acceptors (Lipinski definition) is 3. The van der Waals surface area contributed by atoms with Crippen molar-refractivity contribution in [2.45, 2.75) is 19.5 Å². The Balaban J connectivity index is 2.16. The van der Waals surface area contributed by atoms with E-state index in [0.717, 1.165) is 12.1 Å². The second kappa shape index (κ2) is 5.70. The van der Waals surface area contributed by atoms with Crippen molar-refractivity contribution in [2.75, 3.05) is 0 Å². The average molecular weight is 334 g/mol. The van der Waals surface area contributed by atoms with Gasteiger partial charge in [-0.2, -0.15) is 13.2 Å². The van der Waals surface area contributed by atoms with E-state index >= 15 is 0 Å². The summed E-state index contributed by atoms with van der Waals surface area (Å²) >= 11 is 0. The third kappa shape index (κ3) is 2.75. The molecule has 6 heteroatoms. The van der Waals surface area contributed by atoms with Gasteiger partial charge in [-0.05, 0) is 42.5 Å². The molecule has 0 bridgehead atoms. The van der Waals surface area contributed by atoms with Crippen LogP contribution in [0.3, 0.4) is 0 Å². The summed E-state index contributed by atoms with van der Waals surface area (Å²) in [7, 11) is 0. The molecule has 3 nitrogen and oxygen atoms in total. The fourth-order valence-electron chi connectivity index (χ4n) is 2.58. The van der Waals surface area contributed by atoms with E-state index < -0.39 is 11.7 Å². The van der Waals surface area contributed by atoms with Gasteiger partial charge in [0.15, 0.2) is 5.78 Å². The maximum Gasteiger partial charge on any atom is 0.416 e. The third-order valence-electron chi connectivity index (χ3n) is 3.77. The number of fused-ring (bicyclic) bond motifs is 1. The number of benzene rings is 2. The molecule has 1 heterocycles. The molecule has 0 aliphatic carbocycles. The predicted molar refractivity (Wildman–Crippen MR) is 82.1 cm³/mol. The van der Waals surface area contributed by atoms with Crippen molar-refractivity contribution in [2.24, 2.45) is 0 Å². The second-order valence-electron chi connectivity index (χ2n) is 5.34. The van der Waals surface area contributed by atoms with Crippen molar-refractivity contribution in [3.8, 4) is 5.75 Å². The van der Waals surface area contributed by atoms with Gasteiger partial charge in [-0.25, -0.2) is 0 Å². The lowest BCUT2D eigenvalue weighted by Crippen LogP contribution is -2.05. The fraction of sp³-hybridized carbons (Fsp3) is 0.167. The van der Waals surface area contributed by atoms with E-state index in [9.17, 15) is 23.1 Å². The monoisotopic (exact) mass is 334 g/mol. The molecule has 0 saturated heterocycles. The van der Waals surface area contributed by atoms with Gasteiger partial charge in [0.1, 0.15) is 17.1 Å². The lowest BCUT2D eigenvalue weighted by Gasteiger charge is -2.05. The van der Waals surface area contributed by atoms with E-state index in [4.69, 9.17) is 4.42 Å². The van der Waals surface area contributed by atoms with Crippen LogP contribution in [0, 0.1) is 0 Å². The van der Waals surface area contributed by atoms with Crippen molar-refractivity contribution >= 4 is 16.8 Å². The molecule has 1 N–H and O–H groups in total. The van der Waals surface area contributed by atoms with Crippen molar-refractivity contribution in [1.29, 1.82) is 0 Å². The molecular weight excluding hydrogens is 321 g/mol.